The summed E-state index contributed by atoms with van der Waals surface area (Å²) in [4.78, 5) is 43.9. The number of halogens is 1. The van der Waals surface area contributed by atoms with Gasteiger partial charge in [-0.3, -0.25) is 19.3 Å². The number of hydrogen-bond donors (Lipinski definition) is 3. The molecular formula is C32H49ClN4O5. The molecule has 3 amide bonds. The van der Waals surface area contributed by atoms with Crippen LogP contribution >= 0.6 is 12.4 Å². The third kappa shape index (κ3) is 7.05. The summed E-state index contributed by atoms with van der Waals surface area (Å²) >= 11 is 0. The molecule has 9 nitrogen and oxygen atoms in total. The number of ether oxygens (including phenoxy) is 1. The first-order valence-electron chi connectivity index (χ1n) is 15.8. The van der Waals surface area contributed by atoms with Crippen LogP contribution in [0.25, 0.3) is 0 Å². The first kappa shape index (κ1) is 32.6. The van der Waals surface area contributed by atoms with Crippen molar-refractivity contribution in [3.05, 3.63) is 29.8 Å². The van der Waals surface area contributed by atoms with Crippen molar-refractivity contribution in [1.29, 1.82) is 0 Å². The van der Waals surface area contributed by atoms with Gasteiger partial charge in [0, 0.05) is 44.7 Å². The van der Waals surface area contributed by atoms with Crippen LogP contribution in [-0.4, -0.2) is 89.1 Å². The van der Waals surface area contributed by atoms with Gasteiger partial charge in [0.2, 0.25) is 11.8 Å². The lowest BCUT2D eigenvalue weighted by atomic mass is 9.77. The third-order valence-electron chi connectivity index (χ3n) is 9.94. The fraction of sp³-hybridized carbons (Fsp3) is 0.719. The van der Waals surface area contributed by atoms with Crippen molar-refractivity contribution in [2.24, 2.45) is 5.92 Å². The number of aliphatic hydroxyl groups is 1. The minimum atomic E-state index is -0.865. The molecule has 3 N–H and O–H groups in total. The van der Waals surface area contributed by atoms with Crippen LogP contribution in [0, 0.1) is 5.92 Å². The minimum Gasteiger partial charge on any atom is -0.492 e. The molecule has 1 unspecified atom stereocenters. The van der Waals surface area contributed by atoms with Crippen LogP contribution in [0.1, 0.15) is 94.3 Å². The molecule has 2 heterocycles. The number of hydrogen-bond acceptors (Lipinski definition) is 6. The van der Waals surface area contributed by atoms with Gasteiger partial charge >= 0.3 is 0 Å². The second-order valence-corrected chi connectivity index (χ2v) is 12.7. The standard InChI is InChI=1S/C32H48N4O5.ClH/c1-3-4-18-36-29(38)26(21-31(40)14-6-5-7-15-31)34-30(39)32(36)16-19-35(20-17-32)27(23-8-9-23)22-41-25-12-10-24(11-13-25)28(37)33-2;/h10-13,23,26-27,40H,3-9,14-22H2,1-2H3,(H,33,37)(H,34,39);1H/t26-,27?;/m1./s1. The molecule has 42 heavy (non-hydrogen) atoms. The summed E-state index contributed by atoms with van der Waals surface area (Å²) in [6, 6.07) is 6.83. The van der Waals surface area contributed by atoms with E-state index in [0.717, 1.165) is 50.9 Å². The van der Waals surface area contributed by atoms with Crippen molar-refractivity contribution in [2.45, 2.75) is 107 Å². The number of likely N-dealkylation sites (tertiary alicyclic amines) is 1. The zero-order valence-corrected chi connectivity index (χ0v) is 26.1. The Morgan fingerprint density at radius 3 is 2.36 bits per heavy atom. The van der Waals surface area contributed by atoms with Gasteiger partial charge in [0.15, 0.2) is 0 Å². The van der Waals surface area contributed by atoms with Gasteiger partial charge in [-0.1, -0.05) is 32.6 Å². The van der Waals surface area contributed by atoms with Gasteiger partial charge in [0.05, 0.1) is 5.60 Å². The molecule has 2 atom stereocenters. The number of nitrogens with zero attached hydrogens (tertiary/aromatic N) is 2. The number of benzene rings is 1. The van der Waals surface area contributed by atoms with Crippen LogP contribution < -0.4 is 15.4 Å². The maximum Gasteiger partial charge on any atom is 0.251 e. The van der Waals surface area contributed by atoms with Crippen molar-refractivity contribution >= 4 is 30.1 Å². The summed E-state index contributed by atoms with van der Waals surface area (Å²) in [5, 5.41) is 16.9. The first-order valence-corrected chi connectivity index (χ1v) is 15.8. The highest BCUT2D eigenvalue weighted by Gasteiger charge is 2.55. The van der Waals surface area contributed by atoms with Crippen LogP contribution in [0.5, 0.6) is 5.75 Å². The summed E-state index contributed by atoms with van der Waals surface area (Å²) in [6.07, 6.45) is 10.1. The van der Waals surface area contributed by atoms with E-state index in [0.29, 0.717) is 56.7 Å². The highest BCUT2D eigenvalue weighted by atomic mass is 35.5. The lowest BCUT2D eigenvalue weighted by Gasteiger charge is -2.53. The van der Waals surface area contributed by atoms with E-state index in [-0.39, 0.29) is 36.2 Å². The van der Waals surface area contributed by atoms with E-state index >= 15 is 0 Å². The van der Waals surface area contributed by atoms with Gasteiger partial charge < -0.3 is 25.4 Å². The number of nitrogens with one attached hydrogen (secondary N) is 2. The van der Waals surface area contributed by atoms with Crippen LogP contribution in [0.4, 0.5) is 0 Å². The second-order valence-electron chi connectivity index (χ2n) is 12.7. The van der Waals surface area contributed by atoms with Crippen LogP contribution in [0.3, 0.4) is 0 Å². The molecule has 1 aromatic carbocycles. The maximum atomic E-state index is 13.9. The largest absolute Gasteiger partial charge is 0.492 e. The van der Waals surface area contributed by atoms with Crippen LogP contribution in [0.15, 0.2) is 24.3 Å². The molecule has 0 bridgehead atoms. The number of piperazine rings is 1. The molecule has 2 saturated carbocycles. The lowest BCUT2D eigenvalue weighted by molar-refractivity contribution is -0.164. The average Bonchev–Trinajstić information content (AvgIpc) is 3.82. The van der Waals surface area contributed by atoms with E-state index in [4.69, 9.17) is 4.74 Å². The SMILES string of the molecule is CCCCN1C(=O)[C@@H](CC2(O)CCCCC2)NC(=O)C12CCN(C(COc1ccc(C(=O)NC)cc1)C1CC1)CC2.Cl. The molecule has 4 fully saturated rings. The zero-order chi connectivity index (χ0) is 29.0. The Morgan fingerprint density at radius 2 is 1.76 bits per heavy atom. The highest BCUT2D eigenvalue weighted by molar-refractivity contribution is 6.00. The number of amides is 3. The van der Waals surface area contributed by atoms with Gasteiger partial charge in [-0.15, -0.1) is 12.4 Å². The Bertz CT molecular complexity index is 1080. The molecule has 10 heteroatoms. The summed E-state index contributed by atoms with van der Waals surface area (Å²) in [7, 11) is 1.62. The van der Waals surface area contributed by atoms with Crippen molar-refractivity contribution in [1.82, 2.24) is 20.4 Å². The Balaban J connectivity index is 0.00000405. The van der Waals surface area contributed by atoms with E-state index in [1.807, 2.05) is 17.0 Å². The van der Waals surface area contributed by atoms with E-state index in [1.165, 1.54) is 12.8 Å². The van der Waals surface area contributed by atoms with Gasteiger partial charge in [0.1, 0.15) is 23.9 Å². The molecule has 2 aliphatic carbocycles. The molecule has 1 aromatic rings. The summed E-state index contributed by atoms with van der Waals surface area (Å²) < 4.78 is 6.20. The summed E-state index contributed by atoms with van der Waals surface area (Å²) in [6.45, 7) is 4.72. The Labute approximate surface area is 256 Å². The predicted molar refractivity (Wildman–Crippen MR) is 164 cm³/mol. The predicted octanol–water partition coefficient (Wildman–Crippen LogP) is 3.67. The van der Waals surface area contributed by atoms with Gasteiger partial charge in [-0.2, -0.15) is 0 Å². The van der Waals surface area contributed by atoms with E-state index < -0.39 is 17.2 Å². The zero-order valence-electron chi connectivity index (χ0n) is 25.2. The topological polar surface area (TPSA) is 111 Å². The first-order chi connectivity index (χ1) is 19.8. The van der Waals surface area contributed by atoms with Gasteiger partial charge in [0.25, 0.3) is 5.91 Å². The number of carbonyl (C=O) groups is 3. The Hall–Kier alpha value is -2.36. The van der Waals surface area contributed by atoms with Crippen molar-refractivity contribution in [3.8, 4) is 5.75 Å². The third-order valence-corrected chi connectivity index (χ3v) is 9.94. The maximum absolute atomic E-state index is 13.9. The number of carbonyl (C=O) groups excluding carboxylic acids is 3. The molecule has 0 aromatic heterocycles. The lowest BCUT2D eigenvalue weighted by Crippen LogP contribution is -2.73. The van der Waals surface area contributed by atoms with E-state index in [1.54, 1.807) is 19.2 Å². The fourth-order valence-corrected chi connectivity index (χ4v) is 7.22. The minimum absolute atomic E-state index is 0. The molecular weight excluding hydrogens is 556 g/mol. The molecule has 234 valence electrons. The number of piperidine rings is 1. The number of unbranched alkanes of at least 4 members (excludes halogenated alkanes) is 1. The summed E-state index contributed by atoms with van der Waals surface area (Å²) in [5.41, 5.74) is -1.09. The normalized spacial score (nSPS) is 24.5. The smallest absolute Gasteiger partial charge is 0.251 e. The fourth-order valence-electron chi connectivity index (χ4n) is 7.22. The molecule has 1 spiro atoms. The Morgan fingerprint density at radius 1 is 1.10 bits per heavy atom. The molecule has 4 aliphatic rings. The van der Waals surface area contributed by atoms with Crippen LogP contribution in [0.2, 0.25) is 0 Å². The summed E-state index contributed by atoms with van der Waals surface area (Å²) in [5.74, 6) is 1.13. The average molecular weight is 605 g/mol. The molecule has 5 rings (SSSR count). The Kier molecular flexibility index (Phi) is 10.8. The molecule has 2 saturated heterocycles. The van der Waals surface area contributed by atoms with Crippen molar-refractivity contribution in [3.63, 3.8) is 0 Å². The van der Waals surface area contributed by atoms with E-state index in [9.17, 15) is 19.5 Å². The monoisotopic (exact) mass is 604 g/mol. The van der Waals surface area contributed by atoms with Gasteiger partial charge in [-0.05, 0) is 75.1 Å². The van der Waals surface area contributed by atoms with Crippen molar-refractivity contribution < 1.29 is 24.2 Å². The second kappa shape index (κ2) is 14.0. The highest BCUT2D eigenvalue weighted by Crippen LogP contribution is 2.41. The van der Waals surface area contributed by atoms with Crippen molar-refractivity contribution in [2.75, 3.05) is 33.3 Å². The number of rotatable bonds is 11. The molecule has 0 radical (unpaired) electrons. The van der Waals surface area contributed by atoms with Crippen LogP contribution in [-0.2, 0) is 9.59 Å². The quantitative estimate of drug-likeness (QED) is 0.355. The molecule has 2 aliphatic heterocycles. The van der Waals surface area contributed by atoms with Gasteiger partial charge in [-0.25, -0.2) is 0 Å². The van der Waals surface area contributed by atoms with E-state index in [2.05, 4.69) is 22.5 Å².